The zero-order chi connectivity index (χ0) is 16.1. The molecule has 0 saturated carbocycles. The fourth-order valence-corrected chi connectivity index (χ4v) is 2.70. The molecule has 0 unspecified atom stereocenters. The molecule has 116 valence electrons. The lowest BCUT2D eigenvalue weighted by molar-refractivity contribution is 0.0958. The van der Waals surface area contributed by atoms with E-state index in [4.69, 9.17) is 9.47 Å². The van der Waals surface area contributed by atoms with Gasteiger partial charge in [-0.15, -0.1) is 11.3 Å². The van der Waals surface area contributed by atoms with Gasteiger partial charge in [-0.1, -0.05) is 0 Å². The summed E-state index contributed by atoms with van der Waals surface area (Å²) in [4.78, 5) is 16.8. The third-order valence-electron chi connectivity index (χ3n) is 2.90. The summed E-state index contributed by atoms with van der Waals surface area (Å²) in [5.41, 5.74) is 3.99. The van der Waals surface area contributed by atoms with Crippen LogP contribution in [0.5, 0.6) is 11.5 Å². The average Bonchev–Trinajstić information content (AvgIpc) is 2.85. The van der Waals surface area contributed by atoms with Crippen LogP contribution in [0.4, 0.5) is 0 Å². The molecule has 1 amide bonds. The van der Waals surface area contributed by atoms with Gasteiger partial charge in [0.05, 0.1) is 31.1 Å². The highest BCUT2D eigenvalue weighted by Crippen LogP contribution is 2.26. The van der Waals surface area contributed by atoms with Crippen LogP contribution in [0.15, 0.2) is 23.3 Å². The van der Waals surface area contributed by atoms with Gasteiger partial charge in [0.2, 0.25) is 0 Å². The number of carbonyl (C=O) groups excluding carboxylic acids is 1. The van der Waals surface area contributed by atoms with Gasteiger partial charge in [0.25, 0.3) is 5.91 Å². The van der Waals surface area contributed by atoms with Gasteiger partial charge in [-0.2, -0.15) is 5.10 Å². The topological polar surface area (TPSA) is 72.8 Å². The van der Waals surface area contributed by atoms with Crippen molar-refractivity contribution in [1.29, 1.82) is 0 Å². The Balaban J connectivity index is 2.06. The maximum Gasteiger partial charge on any atom is 0.283 e. The molecule has 1 heterocycles. The van der Waals surface area contributed by atoms with Gasteiger partial charge in [0.1, 0.15) is 4.88 Å². The Labute approximate surface area is 132 Å². The minimum Gasteiger partial charge on any atom is -0.493 e. The number of aryl methyl sites for hydroxylation is 2. The summed E-state index contributed by atoms with van der Waals surface area (Å²) in [6.45, 7) is 3.66. The highest BCUT2D eigenvalue weighted by Gasteiger charge is 2.12. The van der Waals surface area contributed by atoms with E-state index in [-0.39, 0.29) is 5.91 Å². The second-order valence-corrected chi connectivity index (χ2v) is 5.66. The number of benzene rings is 1. The molecule has 1 aromatic heterocycles. The van der Waals surface area contributed by atoms with Gasteiger partial charge < -0.3 is 9.47 Å². The van der Waals surface area contributed by atoms with E-state index < -0.39 is 0 Å². The minimum absolute atomic E-state index is 0.264. The average molecular weight is 319 g/mol. The molecule has 0 aliphatic carbocycles. The number of amides is 1. The lowest BCUT2D eigenvalue weighted by Gasteiger charge is -2.07. The van der Waals surface area contributed by atoms with Gasteiger partial charge in [-0.05, 0) is 37.6 Å². The number of nitrogens with zero attached hydrogens (tertiary/aromatic N) is 2. The Kier molecular flexibility index (Phi) is 5.11. The van der Waals surface area contributed by atoms with Crippen molar-refractivity contribution in [2.24, 2.45) is 5.10 Å². The molecule has 0 aliphatic heterocycles. The summed E-state index contributed by atoms with van der Waals surface area (Å²) in [7, 11) is 3.14. The van der Waals surface area contributed by atoms with Crippen molar-refractivity contribution >= 4 is 23.5 Å². The fourth-order valence-electron chi connectivity index (χ4n) is 1.89. The summed E-state index contributed by atoms with van der Waals surface area (Å²) < 4.78 is 10.4. The zero-order valence-electron chi connectivity index (χ0n) is 12.8. The van der Waals surface area contributed by atoms with Crippen LogP contribution < -0.4 is 14.9 Å². The molecule has 0 atom stereocenters. The van der Waals surface area contributed by atoms with Crippen molar-refractivity contribution in [3.63, 3.8) is 0 Å². The maximum absolute atomic E-state index is 12.0. The molecule has 0 aliphatic rings. The fraction of sp³-hybridized carbons (Fsp3) is 0.267. The minimum atomic E-state index is -0.264. The molecule has 1 N–H and O–H groups in total. The maximum atomic E-state index is 12.0. The Hall–Kier alpha value is -2.41. The predicted molar refractivity (Wildman–Crippen MR) is 86.2 cm³/mol. The number of ether oxygens (including phenoxy) is 2. The third kappa shape index (κ3) is 3.62. The molecule has 0 spiro atoms. The molecule has 0 saturated heterocycles. The molecular formula is C15H17N3O3S. The molecule has 1 aromatic carbocycles. The Morgan fingerprint density at radius 3 is 2.59 bits per heavy atom. The number of carbonyl (C=O) groups is 1. The molecule has 0 radical (unpaired) electrons. The number of hydrazone groups is 1. The summed E-state index contributed by atoms with van der Waals surface area (Å²) in [6.07, 6.45) is 1.54. The lowest BCUT2D eigenvalue weighted by atomic mass is 10.2. The zero-order valence-corrected chi connectivity index (χ0v) is 13.7. The number of nitrogens with one attached hydrogen (secondary N) is 1. The summed E-state index contributed by atoms with van der Waals surface area (Å²) in [6, 6.07) is 5.37. The molecule has 0 fully saturated rings. The quantitative estimate of drug-likeness (QED) is 0.679. The number of methoxy groups -OCH3 is 2. The molecular weight excluding hydrogens is 302 g/mol. The molecule has 7 heteroatoms. The van der Waals surface area contributed by atoms with Crippen LogP contribution in [0.3, 0.4) is 0 Å². The summed E-state index contributed by atoms with van der Waals surface area (Å²) in [5.74, 6) is 0.978. The van der Waals surface area contributed by atoms with Gasteiger partial charge in [-0.3, -0.25) is 4.79 Å². The van der Waals surface area contributed by atoms with E-state index in [2.05, 4.69) is 15.5 Å². The van der Waals surface area contributed by atoms with E-state index >= 15 is 0 Å². The molecule has 6 nitrogen and oxygen atoms in total. The number of aromatic nitrogens is 1. The van der Waals surface area contributed by atoms with Crippen LogP contribution in [0.1, 0.15) is 25.9 Å². The van der Waals surface area contributed by atoms with E-state index in [1.807, 2.05) is 13.0 Å². The van der Waals surface area contributed by atoms with Crippen molar-refractivity contribution in [2.75, 3.05) is 14.2 Å². The van der Waals surface area contributed by atoms with Gasteiger partial charge in [-0.25, -0.2) is 10.4 Å². The molecule has 2 rings (SSSR count). The first-order valence-electron chi connectivity index (χ1n) is 6.54. The molecule has 0 bridgehead atoms. The van der Waals surface area contributed by atoms with Gasteiger partial charge in [0.15, 0.2) is 11.5 Å². The smallest absolute Gasteiger partial charge is 0.283 e. The first kappa shape index (κ1) is 16.0. The van der Waals surface area contributed by atoms with Crippen molar-refractivity contribution in [1.82, 2.24) is 10.4 Å². The van der Waals surface area contributed by atoms with E-state index in [0.29, 0.717) is 22.1 Å². The van der Waals surface area contributed by atoms with Crippen LogP contribution >= 0.6 is 11.3 Å². The SMILES string of the molecule is COc1ccc(/C=N/NC(=O)c2sc(C)nc2C)cc1OC. The summed E-state index contributed by atoms with van der Waals surface area (Å²) in [5, 5.41) is 4.81. The van der Waals surface area contributed by atoms with Gasteiger partial charge >= 0.3 is 0 Å². The Morgan fingerprint density at radius 2 is 2.00 bits per heavy atom. The van der Waals surface area contributed by atoms with E-state index in [1.54, 1.807) is 39.5 Å². The van der Waals surface area contributed by atoms with Crippen LogP contribution in [-0.2, 0) is 0 Å². The van der Waals surface area contributed by atoms with Crippen molar-refractivity contribution in [2.45, 2.75) is 13.8 Å². The third-order valence-corrected chi connectivity index (χ3v) is 3.97. The highest BCUT2D eigenvalue weighted by atomic mass is 32.1. The van der Waals surface area contributed by atoms with E-state index in [1.165, 1.54) is 11.3 Å². The Bertz CT molecular complexity index is 710. The van der Waals surface area contributed by atoms with Crippen LogP contribution in [0.25, 0.3) is 0 Å². The van der Waals surface area contributed by atoms with Crippen LogP contribution in [0, 0.1) is 13.8 Å². The van der Waals surface area contributed by atoms with Crippen LogP contribution in [-0.4, -0.2) is 31.3 Å². The van der Waals surface area contributed by atoms with E-state index in [0.717, 1.165) is 10.6 Å². The predicted octanol–water partition coefficient (Wildman–Crippen LogP) is 2.54. The van der Waals surface area contributed by atoms with Crippen molar-refractivity contribution < 1.29 is 14.3 Å². The summed E-state index contributed by atoms with van der Waals surface area (Å²) >= 11 is 1.35. The second kappa shape index (κ2) is 7.04. The van der Waals surface area contributed by atoms with Crippen molar-refractivity contribution in [3.05, 3.63) is 39.3 Å². The van der Waals surface area contributed by atoms with Crippen LogP contribution in [0.2, 0.25) is 0 Å². The number of hydrogen-bond donors (Lipinski definition) is 1. The number of hydrogen-bond acceptors (Lipinski definition) is 6. The first-order valence-corrected chi connectivity index (χ1v) is 7.36. The largest absolute Gasteiger partial charge is 0.493 e. The monoisotopic (exact) mass is 319 g/mol. The highest BCUT2D eigenvalue weighted by molar-refractivity contribution is 7.13. The molecule has 22 heavy (non-hydrogen) atoms. The normalized spacial score (nSPS) is 10.7. The second-order valence-electron chi connectivity index (χ2n) is 4.46. The first-order chi connectivity index (χ1) is 10.5. The Morgan fingerprint density at radius 1 is 1.27 bits per heavy atom. The van der Waals surface area contributed by atoms with Gasteiger partial charge in [0, 0.05) is 0 Å². The van der Waals surface area contributed by atoms with Crippen molar-refractivity contribution in [3.8, 4) is 11.5 Å². The standard InChI is InChI=1S/C15H17N3O3S/c1-9-14(22-10(2)17-9)15(19)18-16-8-11-5-6-12(20-3)13(7-11)21-4/h5-8H,1-4H3,(H,18,19)/b16-8+. The molecule has 2 aromatic rings. The van der Waals surface area contributed by atoms with E-state index in [9.17, 15) is 4.79 Å². The number of thiazole rings is 1. The number of rotatable bonds is 5. The lowest BCUT2D eigenvalue weighted by Crippen LogP contribution is -2.17.